The number of hydrogen-bond donors (Lipinski definition) is 3. The molecule has 0 radical (unpaired) electrons. The summed E-state index contributed by atoms with van der Waals surface area (Å²) in [6, 6.07) is 0. The molecule has 0 aliphatic heterocycles. The number of unbranched alkanes of at least 4 members (excludes halogenated alkanes) is 1. The monoisotopic (exact) mass is 298 g/mol. The summed E-state index contributed by atoms with van der Waals surface area (Å²) in [5.41, 5.74) is 5.31. The van der Waals surface area contributed by atoms with Gasteiger partial charge in [-0.05, 0) is 19.8 Å². The lowest BCUT2D eigenvalue weighted by Crippen LogP contribution is -2.41. The molecule has 7 heteroatoms. The number of rotatable bonds is 8. The first kappa shape index (κ1) is 17.3. The minimum Gasteiger partial charge on any atom is -0.391 e. The van der Waals surface area contributed by atoms with Crippen LogP contribution in [0.2, 0.25) is 0 Å². The predicted octanol–water partition coefficient (Wildman–Crippen LogP) is 0.516. The molecule has 0 saturated heterocycles. The summed E-state index contributed by atoms with van der Waals surface area (Å²) in [4.78, 5) is 28.0. The Bertz CT molecular complexity index is 564. The van der Waals surface area contributed by atoms with Gasteiger partial charge in [-0.3, -0.25) is 14.3 Å². The number of aromatic amines is 1. The van der Waals surface area contributed by atoms with Crippen LogP contribution in [0.4, 0.5) is 11.5 Å². The zero-order valence-corrected chi connectivity index (χ0v) is 13.1. The first-order valence-electron chi connectivity index (χ1n) is 7.51. The number of nitrogens with zero attached hydrogens (tertiary/aromatic N) is 2. The van der Waals surface area contributed by atoms with Crippen LogP contribution >= 0.6 is 0 Å². The van der Waals surface area contributed by atoms with Crippen LogP contribution in [0.1, 0.15) is 40.0 Å². The molecule has 1 aromatic rings. The third kappa shape index (κ3) is 4.10. The van der Waals surface area contributed by atoms with Crippen molar-refractivity contribution >= 4 is 11.5 Å². The van der Waals surface area contributed by atoms with Crippen molar-refractivity contribution < 1.29 is 5.11 Å². The Morgan fingerprint density at radius 3 is 2.52 bits per heavy atom. The van der Waals surface area contributed by atoms with Crippen molar-refractivity contribution in [3.63, 3.8) is 0 Å². The van der Waals surface area contributed by atoms with E-state index in [0.29, 0.717) is 26.1 Å². The summed E-state index contributed by atoms with van der Waals surface area (Å²) in [5, 5.41) is 9.80. The normalized spacial score (nSPS) is 12.4. The minimum atomic E-state index is -0.542. The zero-order valence-electron chi connectivity index (χ0n) is 13.1. The van der Waals surface area contributed by atoms with Gasteiger partial charge in [-0.25, -0.2) is 4.79 Å². The highest BCUT2D eigenvalue weighted by atomic mass is 16.3. The molecular formula is C14H26N4O3. The molecule has 0 saturated carbocycles. The molecule has 1 rings (SSSR count). The molecule has 0 aliphatic carbocycles. The number of aromatic nitrogens is 2. The Morgan fingerprint density at radius 1 is 1.33 bits per heavy atom. The van der Waals surface area contributed by atoms with E-state index in [1.807, 2.05) is 20.8 Å². The maximum atomic E-state index is 12.1. The van der Waals surface area contributed by atoms with Crippen molar-refractivity contribution in [2.45, 2.75) is 52.7 Å². The van der Waals surface area contributed by atoms with Gasteiger partial charge in [0.1, 0.15) is 11.5 Å². The smallest absolute Gasteiger partial charge is 0.330 e. The van der Waals surface area contributed by atoms with Gasteiger partial charge in [0.05, 0.1) is 6.10 Å². The highest BCUT2D eigenvalue weighted by Gasteiger charge is 2.19. The van der Waals surface area contributed by atoms with Gasteiger partial charge in [0, 0.05) is 19.6 Å². The summed E-state index contributed by atoms with van der Waals surface area (Å²) in [6.45, 7) is 7.07. The molecular weight excluding hydrogens is 272 g/mol. The number of nitrogen functional groups attached to an aromatic ring is 1. The fourth-order valence-corrected chi connectivity index (χ4v) is 2.18. The van der Waals surface area contributed by atoms with E-state index in [1.165, 1.54) is 4.57 Å². The van der Waals surface area contributed by atoms with Crippen LogP contribution in [-0.2, 0) is 6.54 Å². The van der Waals surface area contributed by atoms with E-state index >= 15 is 0 Å². The van der Waals surface area contributed by atoms with Crippen molar-refractivity contribution in [1.82, 2.24) is 9.55 Å². The lowest BCUT2D eigenvalue weighted by Gasteiger charge is -2.26. The fourth-order valence-electron chi connectivity index (χ4n) is 2.18. The molecule has 120 valence electrons. The fraction of sp³-hybridized carbons (Fsp3) is 0.714. The maximum absolute atomic E-state index is 12.1. The van der Waals surface area contributed by atoms with Crippen LogP contribution in [0.25, 0.3) is 0 Å². The molecule has 1 unspecified atom stereocenters. The van der Waals surface area contributed by atoms with E-state index in [-0.39, 0.29) is 11.5 Å². The molecule has 21 heavy (non-hydrogen) atoms. The molecule has 0 amide bonds. The summed E-state index contributed by atoms with van der Waals surface area (Å²) < 4.78 is 1.39. The lowest BCUT2D eigenvalue weighted by molar-refractivity contribution is 0.176. The van der Waals surface area contributed by atoms with Crippen molar-refractivity contribution in [1.29, 1.82) is 0 Å². The second kappa shape index (κ2) is 7.87. The molecule has 1 aromatic heterocycles. The van der Waals surface area contributed by atoms with Crippen LogP contribution in [0.5, 0.6) is 0 Å². The molecule has 0 spiro atoms. The summed E-state index contributed by atoms with van der Waals surface area (Å²) in [5.74, 6) is 0.169. The molecule has 0 fully saturated rings. The largest absolute Gasteiger partial charge is 0.391 e. The summed E-state index contributed by atoms with van der Waals surface area (Å²) in [6.07, 6.45) is 1.77. The minimum absolute atomic E-state index is 0.169. The van der Waals surface area contributed by atoms with Crippen molar-refractivity contribution in [3.05, 3.63) is 20.8 Å². The Hall–Kier alpha value is -1.76. The van der Waals surface area contributed by atoms with Crippen LogP contribution in [0, 0.1) is 0 Å². The van der Waals surface area contributed by atoms with Crippen molar-refractivity contribution in [3.8, 4) is 0 Å². The van der Waals surface area contributed by atoms with E-state index in [0.717, 1.165) is 12.8 Å². The first-order valence-corrected chi connectivity index (χ1v) is 7.51. The Balaban J connectivity index is 3.27. The third-order valence-electron chi connectivity index (χ3n) is 3.55. The van der Waals surface area contributed by atoms with Crippen LogP contribution in [0.3, 0.4) is 0 Å². The van der Waals surface area contributed by atoms with Gasteiger partial charge in [-0.2, -0.15) is 0 Å². The molecule has 4 N–H and O–H groups in total. The van der Waals surface area contributed by atoms with E-state index in [4.69, 9.17) is 5.73 Å². The summed E-state index contributed by atoms with van der Waals surface area (Å²) >= 11 is 0. The standard InChI is InChI=1S/C14H26N4O3/c1-4-7-8-18-12(15)11(13(20)16-14(18)21)17(6-3)9-10(19)5-2/h10,19H,4-9,15H2,1-3H3,(H,16,20,21). The van der Waals surface area contributed by atoms with Gasteiger partial charge in [-0.15, -0.1) is 0 Å². The van der Waals surface area contributed by atoms with Crippen LogP contribution < -0.4 is 21.9 Å². The van der Waals surface area contributed by atoms with Gasteiger partial charge in [0.15, 0.2) is 0 Å². The molecule has 1 atom stereocenters. The lowest BCUT2D eigenvalue weighted by atomic mass is 10.2. The number of nitrogens with one attached hydrogen (secondary N) is 1. The van der Waals surface area contributed by atoms with Gasteiger partial charge in [0.2, 0.25) is 0 Å². The van der Waals surface area contributed by atoms with Crippen LogP contribution in [-0.4, -0.2) is 33.9 Å². The number of H-pyrrole nitrogens is 1. The average Bonchev–Trinajstić information content (AvgIpc) is 2.45. The Kier molecular flexibility index (Phi) is 6.48. The number of hydrogen-bond acceptors (Lipinski definition) is 5. The molecule has 0 bridgehead atoms. The second-order valence-corrected chi connectivity index (χ2v) is 5.10. The quantitative estimate of drug-likeness (QED) is 0.649. The van der Waals surface area contributed by atoms with Gasteiger partial charge in [-0.1, -0.05) is 20.3 Å². The Morgan fingerprint density at radius 2 is 2.00 bits per heavy atom. The van der Waals surface area contributed by atoms with Crippen LogP contribution in [0.15, 0.2) is 9.59 Å². The first-order chi connectivity index (χ1) is 9.96. The van der Waals surface area contributed by atoms with E-state index < -0.39 is 17.4 Å². The van der Waals surface area contributed by atoms with Gasteiger partial charge < -0.3 is 15.7 Å². The molecule has 7 nitrogen and oxygen atoms in total. The highest BCUT2D eigenvalue weighted by Crippen LogP contribution is 2.17. The Labute approximate surface area is 124 Å². The number of likely N-dealkylation sites (N-methyl/N-ethyl adjacent to an activating group) is 1. The topological polar surface area (TPSA) is 104 Å². The van der Waals surface area contributed by atoms with Gasteiger partial charge >= 0.3 is 5.69 Å². The summed E-state index contributed by atoms with van der Waals surface area (Å²) in [7, 11) is 0. The number of aliphatic hydroxyl groups is 1. The van der Waals surface area contributed by atoms with E-state index in [2.05, 4.69) is 4.98 Å². The van der Waals surface area contributed by atoms with Crippen molar-refractivity contribution in [2.75, 3.05) is 23.7 Å². The number of aliphatic hydroxyl groups excluding tert-OH is 1. The van der Waals surface area contributed by atoms with Gasteiger partial charge in [0.25, 0.3) is 5.56 Å². The number of anilines is 2. The number of nitrogens with two attached hydrogens (primary N) is 1. The molecule has 0 aromatic carbocycles. The SMILES string of the molecule is CCCCn1c(N)c(N(CC)CC(O)CC)c(=O)[nH]c1=O. The second-order valence-electron chi connectivity index (χ2n) is 5.10. The molecule has 1 heterocycles. The third-order valence-corrected chi connectivity index (χ3v) is 3.55. The highest BCUT2D eigenvalue weighted by molar-refractivity contribution is 5.62. The average molecular weight is 298 g/mol. The van der Waals surface area contributed by atoms with E-state index in [1.54, 1.807) is 4.90 Å². The predicted molar refractivity (Wildman–Crippen MR) is 84.8 cm³/mol. The maximum Gasteiger partial charge on any atom is 0.330 e. The molecule has 0 aliphatic rings. The van der Waals surface area contributed by atoms with Crippen molar-refractivity contribution in [2.24, 2.45) is 0 Å². The van der Waals surface area contributed by atoms with E-state index in [9.17, 15) is 14.7 Å². The zero-order chi connectivity index (χ0) is 16.0.